The van der Waals surface area contributed by atoms with Crippen molar-refractivity contribution in [3.05, 3.63) is 119 Å². The fraction of sp³-hybridized carbons (Fsp3) is 0.194. The Labute approximate surface area is 279 Å². The second kappa shape index (κ2) is 13.2. The van der Waals surface area contributed by atoms with Crippen molar-refractivity contribution in [1.82, 2.24) is 19.4 Å². The quantitative estimate of drug-likeness (QED) is 0.216. The molecule has 3 amide bonds. The minimum atomic E-state index is -4.49. The van der Waals surface area contributed by atoms with E-state index in [1.807, 2.05) is 23.8 Å². The minimum Gasteiger partial charge on any atom is -0.439 e. The number of halogens is 3. The average molecular weight is 667 g/mol. The average Bonchev–Trinajstić information content (AvgIpc) is 3.45. The number of amides is 3. The molecule has 0 saturated carbocycles. The summed E-state index contributed by atoms with van der Waals surface area (Å²) in [5.74, 6) is -0.0708. The first kappa shape index (κ1) is 32.8. The second-order valence-electron chi connectivity index (χ2n) is 11.5. The van der Waals surface area contributed by atoms with Crippen LogP contribution in [0.15, 0.2) is 91.1 Å². The molecule has 1 aliphatic rings. The number of carbonyl (C=O) groups excluding carboxylic acids is 3. The number of alkyl halides is 3. The maximum atomic E-state index is 13.5. The number of hydrogen-bond donors (Lipinski definition) is 0. The topological polar surface area (TPSA) is 112 Å². The molecule has 1 aliphatic heterocycles. The van der Waals surface area contributed by atoms with Crippen LogP contribution in [0, 0.1) is 11.3 Å². The Morgan fingerprint density at radius 3 is 2.06 bits per heavy atom. The third-order valence-corrected chi connectivity index (χ3v) is 8.44. The van der Waals surface area contributed by atoms with Gasteiger partial charge in [0.2, 0.25) is 5.88 Å². The van der Waals surface area contributed by atoms with E-state index in [0.717, 1.165) is 35.2 Å². The molecule has 0 radical (unpaired) electrons. The van der Waals surface area contributed by atoms with Crippen LogP contribution in [0.3, 0.4) is 0 Å². The van der Waals surface area contributed by atoms with Gasteiger partial charge in [-0.2, -0.15) is 18.4 Å². The zero-order chi connectivity index (χ0) is 34.9. The van der Waals surface area contributed by atoms with Gasteiger partial charge in [0.25, 0.3) is 17.7 Å². The molecule has 49 heavy (non-hydrogen) atoms. The van der Waals surface area contributed by atoms with Crippen molar-refractivity contribution in [2.24, 2.45) is 7.05 Å². The number of piperazine rings is 1. The van der Waals surface area contributed by atoms with Crippen LogP contribution in [0.25, 0.3) is 10.9 Å². The van der Waals surface area contributed by atoms with Gasteiger partial charge in [-0.25, -0.2) is 4.98 Å². The molecule has 1 fully saturated rings. The number of aryl methyl sites for hydroxylation is 1. The van der Waals surface area contributed by atoms with Crippen LogP contribution in [-0.4, -0.2) is 70.3 Å². The lowest BCUT2D eigenvalue weighted by molar-refractivity contribution is -0.137. The number of benzene rings is 3. The van der Waals surface area contributed by atoms with E-state index in [9.17, 15) is 27.6 Å². The number of fused-ring (bicyclic) bond motifs is 1. The molecular formula is C36H29F3N6O4. The Bertz CT molecular complexity index is 2080. The first-order valence-corrected chi connectivity index (χ1v) is 15.2. The van der Waals surface area contributed by atoms with E-state index in [4.69, 9.17) is 10.00 Å². The van der Waals surface area contributed by atoms with E-state index in [0.29, 0.717) is 54.4 Å². The molecule has 6 rings (SSSR count). The highest BCUT2D eigenvalue weighted by Gasteiger charge is 2.31. The van der Waals surface area contributed by atoms with E-state index in [1.54, 1.807) is 64.4 Å². The SMILES string of the molecule is CN(C(=O)c1ccc(C(F)(F)F)cc1)c1ccc(Oc2ccc3c(c2)cc(C(=O)N2CCN(C(=O)c4ccc(C#N)cc4)CC2)n3C)nc1. The third kappa shape index (κ3) is 6.80. The summed E-state index contributed by atoms with van der Waals surface area (Å²) in [6.07, 6.45) is -3.07. The van der Waals surface area contributed by atoms with E-state index in [1.165, 1.54) is 18.1 Å². The largest absolute Gasteiger partial charge is 0.439 e. The van der Waals surface area contributed by atoms with Crippen molar-refractivity contribution in [2.45, 2.75) is 6.18 Å². The van der Waals surface area contributed by atoms with Gasteiger partial charge >= 0.3 is 6.18 Å². The normalized spacial score (nSPS) is 13.2. The van der Waals surface area contributed by atoms with Gasteiger partial charge in [-0.3, -0.25) is 14.4 Å². The van der Waals surface area contributed by atoms with Crippen molar-refractivity contribution < 1.29 is 32.3 Å². The number of carbonyl (C=O) groups is 3. The molecule has 2 aromatic heterocycles. The van der Waals surface area contributed by atoms with E-state index in [2.05, 4.69) is 4.98 Å². The molecule has 3 heterocycles. The first-order chi connectivity index (χ1) is 23.4. The van der Waals surface area contributed by atoms with Gasteiger partial charge in [0.15, 0.2) is 0 Å². The second-order valence-corrected chi connectivity index (χ2v) is 11.5. The molecule has 248 valence electrons. The maximum Gasteiger partial charge on any atom is 0.416 e. The number of aromatic nitrogens is 2. The number of nitrogens with zero attached hydrogens (tertiary/aromatic N) is 6. The number of ether oxygens (including phenoxy) is 1. The van der Waals surface area contributed by atoms with Gasteiger partial charge in [-0.15, -0.1) is 0 Å². The van der Waals surface area contributed by atoms with Crippen LogP contribution < -0.4 is 9.64 Å². The minimum absolute atomic E-state index is 0.0990. The molecule has 3 aromatic carbocycles. The highest BCUT2D eigenvalue weighted by atomic mass is 19.4. The molecule has 0 bridgehead atoms. The van der Waals surface area contributed by atoms with Gasteiger partial charge in [-0.05, 0) is 78.9 Å². The molecule has 0 atom stereocenters. The van der Waals surface area contributed by atoms with Crippen LogP contribution in [0.4, 0.5) is 18.9 Å². The van der Waals surface area contributed by atoms with Crippen LogP contribution in [0.5, 0.6) is 11.6 Å². The molecule has 0 N–H and O–H groups in total. The third-order valence-electron chi connectivity index (χ3n) is 8.44. The fourth-order valence-electron chi connectivity index (χ4n) is 5.61. The molecule has 1 saturated heterocycles. The van der Waals surface area contributed by atoms with Crippen molar-refractivity contribution in [3.63, 3.8) is 0 Å². The lowest BCUT2D eigenvalue weighted by Gasteiger charge is -2.34. The summed E-state index contributed by atoms with van der Waals surface area (Å²) in [5.41, 5.74) is 1.96. The molecular weight excluding hydrogens is 637 g/mol. The highest BCUT2D eigenvalue weighted by molar-refractivity contribution is 6.05. The Morgan fingerprint density at radius 1 is 0.837 bits per heavy atom. The Kier molecular flexibility index (Phi) is 8.80. The Balaban J connectivity index is 1.08. The standard InChI is InChI=1S/C36H29F3N6O4/c1-42(33(46)24-7-9-27(10-8-24)36(37,38)39)28-11-14-32(41-22-28)49-29-12-13-30-26(19-29)20-31(43(30)2)35(48)45-17-15-44(16-18-45)34(47)25-5-3-23(21-40)4-6-25/h3-14,19-20,22H,15-18H2,1-2H3. The van der Waals surface area contributed by atoms with Gasteiger partial charge in [0.05, 0.1) is 29.1 Å². The predicted octanol–water partition coefficient (Wildman–Crippen LogP) is 6.13. The summed E-state index contributed by atoms with van der Waals surface area (Å²) in [4.78, 5) is 48.3. The lowest BCUT2D eigenvalue weighted by Crippen LogP contribution is -2.50. The maximum absolute atomic E-state index is 13.5. The number of pyridine rings is 1. The van der Waals surface area contributed by atoms with Crippen LogP contribution in [0.1, 0.15) is 42.3 Å². The lowest BCUT2D eigenvalue weighted by atomic mass is 10.1. The van der Waals surface area contributed by atoms with Crippen LogP contribution in [-0.2, 0) is 13.2 Å². The summed E-state index contributed by atoms with van der Waals surface area (Å²) >= 11 is 0. The van der Waals surface area contributed by atoms with Crippen LogP contribution >= 0.6 is 0 Å². The number of nitriles is 1. The van der Waals surface area contributed by atoms with Gasteiger partial charge in [-0.1, -0.05) is 0 Å². The fourth-order valence-corrected chi connectivity index (χ4v) is 5.61. The van der Waals surface area contributed by atoms with Gasteiger partial charge in [0, 0.05) is 68.4 Å². The van der Waals surface area contributed by atoms with Crippen molar-refractivity contribution >= 4 is 34.3 Å². The molecule has 13 heteroatoms. The molecule has 0 aliphatic carbocycles. The predicted molar refractivity (Wildman–Crippen MR) is 174 cm³/mol. The Morgan fingerprint density at radius 2 is 1.47 bits per heavy atom. The first-order valence-electron chi connectivity index (χ1n) is 15.2. The van der Waals surface area contributed by atoms with Crippen molar-refractivity contribution in [1.29, 1.82) is 5.26 Å². The van der Waals surface area contributed by atoms with Crippen molar-refractivity contribution in [3.8, 4) is 17.7 Å². The van der Waals surface area contributed by atoms with Gasteiger partial charge in [0.1, 0.15) is 11.4 Å². The zero-order valence-corrected chi connectivity index (χ0v) is 26.4. The van der Waals surface area contributed by atoms with Gasteiger partial charge < -0.3 is 24.0 Å². The number of rotatable bonds is 6. The molecule has 0 spiro atoms. The number of anilines is 1. The number of hydrogen-bond acceptors (Lipinski definition) is 6. The van der Waals surface area contributed by atoms with E-state index < -0.39 is 17.6 Å². The van der Waals surface area contributed by atoms with E-state index in [-0.39, 0.29) is 23.3 Å². The van der Waals surface area contributed by atoms with E-state index >= 15 is 0 Å². The molecule has 10 nitrogen and oxygen atoms in total. The summed E-state index contributed by atoms with van der Waals surface area (Å²) in [6.45, 7) is 1.53. The summed E-state index contributed by atoms with van der Waals surface area (Å²) in [6, 6.07) is 22.9. The summed E-state index contributed by atoms with van der Waals surface area (Å²) < 4.78 is 46.4. The van der Waals surface area contributed by atoms with Crippen LogP contribution in [0.2, 0.25) is 0 Å². The smallest absolute Gasteiger partial charge is 0.416 e. The zero-order valence-electron chi connectivity index (χ0n) is 26.4. The molecule has 5 aromatic rings. The summed E-state index contributed by atoms with van der Waals surface area (Å²) in [5, 5.41) is 9.77. The highest BCUT2D eigenvalue weighted by Crippen LogP contribution is 2.30. The molecule has 0 unspecified atom stereocenters. The summed E-state index contributed by atoms with van der Waals surface area (Å²) in [7, 11) is 3.31. The monoisotopic (exact) mass is 666 g/mol. The Hall–Kier alpha value is -6.16. The van der Waals surface area contributed by atoms with Crippen molar-refractivity contribution in [2.75, 3.05) is 38.1 Å².